The van der Waals surface area contributed by atoms with Gasteiger partial charge >= 0.3 is 0 Å². The van der Waals surface area contributed by atoms with Gasteiger partial charge in [0.1, 0.15) is 5.82 Å². The Morgan fingerprint density at radius 1 is 1.33 bits per heavy atom. The fourth-order valence-corrected chi connectivity index (χ4v) is 2.92. The molecular weight excluding hydrogens is 328 g/mol. The van der Waals surface area contributed by atoms with E-state index in [0.29, 0.717) is 17.5 Å². The normalized spacial score (nSPS) is 14.0. The summed E-state index contributed by atoms with van der Waals surface area (Å²) in [7, 11) is 0. The number of hydrogen-bond donors (Lipinski definition) is 2. The zero-order chi connectivity index (χ0) is 17.1. The molecule has 0 radical (unpaired) electrons. The second-order valence-corrected chi connectivity index (χ2v) is 7.13. The quantitative estimate of drug-likeness (QED) is 0.780. The molecule has 2 heterocycles. The van der Waals surface area contributed by atoms with Crippen LogP contribution in [0.4, 0.5) is 0 Å². The van der Waals surface area contributed by atoms with Gasteiger partial charge in [0.25, 0.3) is 0 Å². The standard InChI is InChI=1S/C16H20N4O3S/c1-9(2)14-18-16(20-19-14)24-10(3)15(21)17-7-11-4-5-12-13(6-11)23-8-22-12/h4-6,9-10H,7-8H2,1-3H3,(H,17,21)(H,18,19,20)/t10-/m0/s1. The monoisotopic (exact) mass is 348 g/mol. The van der Waals surface area contributed by atoms with Gasteiger partial charge < -0.3 is 14.8 Å². The van der Waals surface area contributed by atoms with Crippen LogP contribution in [0.1, 0.15) is 38.1 Å². The lowest BCUT2D eigenvalue weighted by Crippen LogP contribution is -2.30. The second-order valence-electron chi connectivity index (χ2n) is 5.82. The van der Waals surface area contributed by atoms with Crippen LogP contribution in [-0.2, 0) is 11.3 Å². The van der Waals surface area contributed by atoms with E-state index in [9.17, 15) is 4.79 Å². The highest BCUT2D eigenvalue weighted by atomic mass is 32.2. The first-order chi connectivity index (χ1) is 11.5. The molecule has 1 aromatic carbocycles. The Hall–Kier alpha value is -2.22. The third-order valence-corrected chi connectivity index (χ3v) is 4.55. The lowest BCUT2D eigenvalue weighted by atomic mass is 10.2. The molecule has 1 aliphatic rings. The predicted octanol–water partition coefficient (Wildman–Crippen LogP) is 2.45. The van der Waals surface area contributed by atoms with Crippen molar-refractivity contribution < 1.29 is 14.3 Å². The van der Waals surface area contributed by atoms with E-state index in [0.717, 1.165) is 17.1 Å². The maximum Gasteiger partial charge on any atom is 0.233 e. The van der Waals surface area contributed by atoms with E-state index in [4.69, 9.17) is 9.47 Å². The van der Waals surface area contributed by atoms with Crippen molar-refractivity contribution in [2.75, 3.05) is 6.79 Å². The SMILES string of the molecule is CC(C)c1nc(S[C@@H](C)C(=O)NCc2ccc3c(c2)OCO3)n[nH]1. The summed E-state index contributed by atoms with van der Waals surface area (Å²) in [5.41, 5.74) is 0.963. The number of nitrogens with zero attached hydrogens (tertiary/aromatic N) is 2. The molecule has 0 unspecified atom stereocenters. The van der Waals surface area contributed by atoms with Gasteiger partial charge in [-0.2, -0.15) is 0 Å². The predicted molar refractivity (Wildman–Crippen MR) is 90.2 cm³/mol. The van der Waals surface area contributed by atoms with Gasteiger partial charge in [-0.25, -0.2) is 4.98 Å². The van der Waals surface area contributed by atoms with Crippen molar-refractivity contribution in [1.82, 2.24) is 20.5 Å². The average molecular weight is 348 g/mol. The molecule has 8 heteroatoms. The topological polar surface area (TPSA) is 89.1 Å². The highest BCUT2D eigenvalue weighted by Crippen LogP contribution is 2.32. The van der Waals surface area contributed by atoms with Crippen molar-refractivity contribution in [3.63, 3.8) is 0 Å². The van der Waals surface area contributed by atoms with Gasteiger partial charge in [-0.1, -0.05) is 31.7 Å². The Labute approximate surface area is 144 Å². The number of carbonyl (C=O) groups excluding carboxylic acids is 1. The molecular formula is C16H20N4O3S. The van der Waals surface area contributed by atoms with Crippen LogP contribution in [-0.4, -0.2) is 33.1 Å². The number of aromatic nitrogens is 3. The van der Waals surface area contributed by atoms with Crippen molar-refractivity contribution in [2.24, 2.45) is 0 Å². The second kappa shape index (κ2) is 7.12. The number of hydrogen-bond acceptors (Lipinski definition) is 6. The van der Waals surface area contributed by atoms with Gasteiger partial charge in [-0.3, -0.25) is 9.89 Å². The largest absolute Gasteiger partial charge is 0.454 e. The number of rotatable bonds is 6. The van der Waals surface area contributed by atoms with Crippen LogP contribution in [0.3, 0.4) is 0 Å². The van der Waals surface area contributed by atoms with E-state index in [1.807, 2.05) is 39.0 Å². The molecule has 0 spiro atoms. The molecule has 0 saturated heterocycles. The molecule has 1 aromatic heterocycles. The Bertz CT molecular complexity index is 732. The molecule has 1 amide bonds. The molecule has 2 N–H and O–H groups in total. The number of carbonyl (C=O) groups is 1. The van der Waals surface area contributed by atoms with E-state index >= 15 is 0 Å². The van der Waals surface area contributed by atoms with Gasteiger partial charge in [-0.05, 0) is 24.6 Å². The van der Waals surface area contributed by atoms with Crippen LogP contribution in [0.5, 0.6) is 11.5 Å². The number of thioether (sulfide) groups is 1. The molecule has 3 rings (SSSR count). The summed E-state index contributed by atoms with van der Waals surface area (Å²) in [4.78, 5) is 16.6. The maximum atomic E-state index is 12.2. The summed E-state index contributed by atoms with van der Waals surface area (Å²) in [5.74, 6) is 2.49. The van der Waals surface area contributed by atoms with Crippen LogP contribution in [0.2, 0.25) is 0 Å². The van der Waals surface area contributed by atoms with Crippen LogP contribution in [0.25, 0.3) is 0 Å². The molecule has 7 nitrogen and oxygen atoms in total. The van der Waals surface area contributed by atoms with Crippen LogP contribution in [0.15, 0.2) is 23.4 Å². The van der Waals surface area contributed by atoms with E-state index in [1.54, 1.807) is 0 Å². The third-order valence-electron chi connectivity index (χ3n) is 3.58. The summed E-state index contributed by atoms with van der Waals surface area (Å²) in [5, 5.41) is 10.2. The third kappa shape index (κ3) is 3.81. The van der Waals surface area contributed by atoms with Crippen molar-refractivity contribution in [1.29, 1.82) is 0 Å². The van der Waals surface area contributed by atoms with E-state index in [1.165, 1.54) is 11.8 Å². The molecule has 1 atom stereocenters. The summed E-state index contributed by atoms with van der Waals surface area (Å²) >= 11 is 1.33. The first-order valence-corrected chi connectivity index (χ1v) is 8.66. The van der Waals surface area contributed by atoms with Crippen LogP contribution < -0.4 is 14.8 Å². The highest BCUT2D eigenvalue weighted by molar-refractivity contribution is 8.00. The number of benzene rings is 1. The minimum Gasteiger partial charge on any atom is -0.454 e. The Morgan fingerprint density at radius 3 is 2.88 bits per heavy atom. The Kier molecular flexibility index (Phi) is 4.94. The fourth-order valence-electron chi connectivity index (χ4n) is 2.16. The number of ether oxygens (including phenoxy) is 2. The maximum absolute atomic E-state index is 12.2. The van der Waals surface area contributed by atoms with E-state index < -0.39 is 0 Å². The molecule has 0 bridgehead atoms. The smallest absolute Gasteiger partial charge is 0.233 e. The van der Waals surface area contributed by atoms with Gasteiger partial charge in [0.05, 0.1) is 5.25 Å². The minimum absolute atomic E-state index is 0.0615. The fraction of sp³-hybridized carbons (Fsp3) is 0.438. The number of H-pyrrole nitrogens is 1. The molecule has 0 fully saturated rings. The number of nitrogens with one attached hydrogen (secondary N) is 2. The van der Waals surface area contributed by atoms with Crippen LogP contribution >= 0.6 is 11.8 Å². The lowest BCUT2D eigenvalue weighted by molar-refractivity contribution is -0.120. The number of amides is 1. The van der Waals surface area contributed by atoms with E-state index in [2.05, 4.69) is 20.5 Å². The molecule has 0 saturated carbocycles. The van der Waals surface area contributed by atoms with E-state index in [-0.39, 0.29) is 23.9 Å². The summed E-state index contributed by atoms with van der Waals surface area (Å²) in [6.07, 6.45) is 0. The van der Waals surface area contributed by atoms with Crippen molar-refractivity contribution >= 4 is 17.7 Å². The first kappa shape index (κ1) is 16.6. The molecule has 2 aromatic rings. The number of aromatic amines is 1. The Morgan fingerprint density at radius 2 is 2.12 bits per heavy atom. The molecule has 24 heavy (non-hydrogen) atoms. The highest BCUT2D eigenvalue weighted by Gasteiger charge is 2.18. The lowest BCUT2D eigenvalue weighted by Gasteiger charge is -2.10. The van der Waals surface area contributed by atoms with Crippen molar-refractivity contribution in [3.05, 3.63) is 29.6 Å². The summed E-state index contributed by atoms with van der Waals surface area (Å²) in [6, 6.07) is 5.64. The average Bonchev–Trinajstić information content (AvgIpc) is 3.20. The molecule has 128 valence electrons. The van der Waals surface area contributed by atoms with Crippen LogP contribution in [0, 0.1) is 0 Å². The minimum atomic E-state index is -0.283. The van der Waals surface area contributed by atoms with Crippen molar-refractivity contribution in [3.8, 4) is 11.5 Å². The summed E-state index contributed by atoms with van der Waals surface area (Å²) in [6.45, 7) is 6.59. The van der Waals surface area contributed by atoms with Gasteiger partial charge in [-0.15, -0.1) is 5.10 Å². The molecule has 0 aliphatic carbocycles. The molecule has 1 aliphatic heterocycles. The van der Waals surface area contributed by atoms with Crippen molar-refractivity contribution in [2.45, 2.75) is 43.6 Å². The zero-order valence-electron chi connectivity index (χ0n) is 13.8. The van der Waals surface area contributed by atoms with Gasteiger partial charge in [0, 0.05) is 12.5 Å². The Balaban J connectivity index is 1.52. The summed E-state index contributed by atoms with van der Waals surface area (Å²) < 4.78 is 10.6. The van der Waals surface area contributed by atoms with Gasteiger partial charge in [0.15, 0.2) is 11.5 Å². The number of fused-ring (bicyclic) bond motifs is 1. The zero-order valence-corrected chi connectivity index (χ0v) is 14.6. The first-order valence-electron chi connectivity index (χ1n) is 7.78. The van der Waals surface area contributed by atoms with Gasteiger partial charge in [0.2, 0.25) is 17.9 Å².